The van der Waals surface area contributed by atoms with Crippen molar-refractivity contribution in [2.24, 2.45) is 5.92 Å². The average Bonchev–Trinajstić information content (AvgIpc) is 2.46. The van der Waals surface area contributed by atoms with E-state index in [1.165, 1.54) is 31.5 Å². The van der Waals surface area contributed by atoms with E-state index >= 15 is 0 Å². The first-order chi connectivity index (χ1) is 12.8. The van der Waals surface area contributed by atoms with Gasteiger partial charge in [0.15, 0.2) is 0 Å². The minimum Gasteiger partial charge on any atom is -0.418 e. The van der Waals surface area contributed by atoms with Gasteiger partial charge < -0.3 is 51.8 Å². The first kappa shape index (κ1) is 29.7. The quantitative estimate of drug-likeness (QED) is 0.354. The lowest BCUT2D eigenvalue weighted by atomic mass is 9.99. The van der Waals surface area contributed by atoms with E-state index in [1.807, 2.05) is 0 Å². The molecule has 1 saturated heterocycles. The fourth-order valence-electron chi connectivity index (χ4n) is 2.06. The van der Waals surface area contributed by atoms with Gasteiger partial charge in [0.1, 0.15) is 0 Å². The van der Waals surface area contributed by atoms with E-state index in [1.54, 1.807) is 0 Å². The first-order valence-corrected chi connectivity index (χ1v) is 8.23. The molecule has 1 aliphatic rings. The summed E-state index contributed by atoms with van der Waals surface area (Å²) in [5.41, 5.74) is 1.45. The number of hydrogen-bond acceptors (Lipinski definition) is 1. The van der Waals surface area contributed by atoms with E-state index in [2.05, 4.69) is 42.2 Å². The van der Waals surface area contributed by atoms with Crippen LogP contribution in [0.1, 0.15) is 25.3 Å². The topological polar surface area (TPSA) is 3.24 Å². The van der Waals surface area contributed by atoms with Crippen LogP contribution in [0.25, 0.3) is 0 Å². The van der Waals surface area contributed by atoms with E-state index in [-0.39, 0.29) is 0 Å². The van der Waals surface area contributed by atoms with Gasteiger partial charge in [-0.15, -0.1) is 0 Å². The second-order valence-electron chi connectivity index (χ2n) is 5.93. The third-order valence-electron chi connectivity index (χ3n) is 3.13. The Kier molecular flexibility index (Phi) is 14.0. The molecule has 0 spiro atoms. The Morgan fingerprint density at radius 1 is 0.690 bits per heavy atom. The third kappa shape index (κ3) is 37.9. The highest BCUT2D eigenvalue weighted by molar-refractivity contribution is 6.50. The third-order valence-corrected chi connectivity index (χ3v) is 3.13. The predicted molar refractivity (Wildman–Crippen MR) is 90.7 cm³/mol. The summed E-state index contributed by atoms with van der Waals surface area (Å²) in [4.78, 5) is 2.56. The van der Waals surface area contributed by atoms with Crippen molar-refractivity contribution in [1.29, 1.82) is 0 Å². The van der Waals surface area contributed by atoms with Crippen molar-refractivity contribution in [3.05, 3.63) is 35.9 Å². The molecule has 172 valence electrons. The molecule has 29 heavy (non-hydrogen) atoms. The van der Waals surface area contributed by atoms with Crippen molar-refractivity contribution in [3.8, 4) is 0 Å². The molecule has 0 radical (unpaired) electrons. The molecule has 0 amide bonds. The molecule has 1 heterocycles. The van der Waals surface area contributed by atoms with E-state index in [4.69, 9.17) is 0 Å². The van der Waals surface area contributed by atoms with Crippen LogP contribution in [-0.2, 0) is 6.54 Å². The maximum atomic E-state index is 9.75. The van der Waals surface area contributed by atoms with Gasteiger partial charge in [-0.1, -0.05) is 37.3 Å². The maximum Gasteiger partial charge on any atom is 0.673 e. The lowest BCUT2D eigenvalue weighted by Gasteiger charge is -2.30. The largest absolute Gasteiger partial charge is 0.673 e. The predicted octanol–water partition coefficient (Wildman–Crippen LogP) is 6.82. The summed E-state index contributed by atoms with van der Waals surface area (Å²) in [6.45, 7) is 6.04. The molecule has 2 rings (SSSR count). The van der Waals surface area contributed by atoms with Crippen molar-refractivity contribution in [3.63, 3.8) is 0 Å². The summed E-state index contributed by atoms with van der Waals surface area (Å²) in [7, 11) is -18.0. The minimum atomic E-state index is -6.00. The molecule has 1 fully saturated rings. The smallest absolute Gasteiger partial charge is 0.418 e. The Labute approximate surface area is 160 Å². The second-order valence-corrected chi connectivity index (χ2v) is 5.93. The van der Waals surface area contributed by atoms with Crippen LogP contribution in [0, 0.1) is 5.92 Å². The van der Waals surface area contributed by atoms with Crippen molar-refractivity contribution in [1.82, 2.24) is 4.90 Å². The molecule has 0 N–H and O–H groups in total. The Bertz CT molecular complexity index is 466. The van der Waals surface area contributed by atoms with Crippen LogP contribution < -0.4 is 0 Å². The van der Waals surface area contributed by atoms with Crippen molar-refractivity contribution >= 4 is 21.8 Å². The van der Waals surface area contributed by atoms with Gasteiger partial charge in [-0.3, -0.25) is 4.90 Å². The Morgan fingerprint density at radius 2 is 1.00 bits per heavy atom. The molecule has 0 aliphatic carbocycles. The van der Waals surface area contributed by atoms with E-state index in [0.717, 1.165) is 12.5 Å². The summed E-state index contributed by atoms with van der Waals surface area (Å²) in [6, 6.07) is 10.8. The summed E-state index contributed by atoms with van der Waals surface area (Å²) in [5, 5.41) is 0. The molecular formula is C13H19B3F12N-3. The number of halogens is 12. The minimum absolute atomic E-state index is 0.932. The zero-order valence-corrected chi connectivity index (χ0v) is 15.2. The summed E-state index contributed by atoms with van der Waals surface area (Å²) >= 11 is 0. The van der Waals surface area contributed by atoms with Gasteiger partial charge in [-0.25, -0.2) is 0 Å². The van der Waals surface area contributed by atoms with Crippen LogP contribution in [0.15, 0.2) is 30.3 Å². The molecule has 1 aromatic rings. The van der Waals surface area contributed by atoms with Crippen LogP contribution in [0.5, 0.6) is 0 Å². The molecule has 0 aromatic heterocycles. The lowest BCUT2D eigenvalue weighted by Crippen LogP contribution is -2.32. The molecule has 1 nitrogen and oxygen atoms in total. The highest BCUT2D eigenvalue weighted by atomic mass is 19.5. The van der Waals surface area contributed by atoms with Crippen molar-refractivity contribution in [2.45, 2.75) is 26.3 Å². The molecule has 0 unspecified atom stereocenters. The second kappa shape index (κ2) is 13.7. The number of piperidine rings is 1. The van der Waals surface area contributed by atoms with E-state index < -0.39 is 21.8 Å². The zero-order valence-electron chi connectivity index (χ0n) is 15.2. The highest BCUT2D eigenvalue weighted by Crippen LogP contribution is 2.17. The summed E-state index contributed by atoms with van der Waals surface area (Å²) in [6.07, 6.45) is 2.74. The summed E-state index contributed by atoms with van der Waals surface area (Å²) in [5.74, 6) is 0.932. The van der Waals surface area contributed by atoms with Gasteiger partial charge in [0.05, 0.1) is 0 Å². The molecular weight excluding hydrogens is 431 g/mol. The van der Waals surface area contributed by atoms with Crippen molar-refractivity contribution < 1.29 is 51.8 Å². The highest BCUT2D eigenvalue weighted by Gasteiger charge is 2.21. The van der Waals surface area contributed by atoms with Crippen LogP contribution in [-0.4, -0.2) is 39.8 Å². The van der Waals surface area contributed by atoms with E-state index in [9.17, 15) is 51.8 Å². The molecule has 1 aliphatic heterocycles. The SMILES string of the molecule is CC1CCN(Cc2ccccc2)CC1.F[B-](F)(F)F.F[B-](F)(F)F.F[B-](F)(F)F. The Balaban J connectivity index is 0. The normalized spacial score (nSPS) is 15.8. The van der Waals surface area contributed by atoms with E-state index in [0.29, 0.717) is 0 Å². The van der Waals surface area contributed by atoms with Crippen LogP contribution in [0.3, 0.4) is 0 Å². The van der Waals surface area contributed by atoms with Crippen LogP contribution in [0.4, 0.5) is 51.8 Å². The molecule has 0 saturated carbocycles. The number of hydrogen-bond donors (Lipinski definition) is 0. The molecule has 0 atom stereocenters. The zero-order chi connectivity index (χ0) is 23.3. The lowest BCUT2D eigenvalue weighted by molar-refractivity contribution is 0.185. The first-order valence-electron chi connectivity index (χ1n) is 8.23. The Hall–Kier alpha value is -1.47. The Morgan fingerprint density at radius 3 is 1.31 bits per heavy atom. The van der Waals surface area contributed by atoms with Gasteiger partial charge in [-0.2, -0.15) is 0 Å². The number of rotatable bonds is 2. The monoisotopic (exact) mass is 450 g/mol. The fraction of sp³-hybridized carbons (Fsp3) is 0.538. The molecule has 0 bridgehead atoms. The average molecular weight is 450 g/mol. The number of nitrogens with zero attached hydrogens (tertiary/aromatic N) is 1. The molecule has 16 heteroatoms. The van der Waals surface area contributed by atoms with Crippen LogP contribution >= 0.6 is 0 Å². The number of benzene rings is 1. The standard InChI is InChI=1S/C13H19N.3BF4/c1-12-7-9-14(10-8-12)11-13-5-3-2-4-6-13;3*2-1(3,4)5/h2-6,12H,7-11H2,1H3;;;/q;3*-1. The van der Waals surface area contributed by atoms with Gasteiger partial charge in [0.2, 0.25) is 0 Å². The maximum absolute atomic E-state index is 9.75. The molecule has 1 aromatic carbocycles. The fourth-order valence-corrected chi connectivity index (χ4v) is 2.06. The van der Waals surface area contributed by atoms with Crippen LogP contribution in [0.2, 0.25) is 0 Å². The van der Waals surface area contributed by atoms with Gasteiger partial charge >= 0.3 is 21.8 Å². The number of likely N-dealkylation sites (tertiary alicyclic amines) is 1. The van der Waals surface area contributed by atoms with Crippen molar-refractivity contribution in [2.75, 3.05) is 13.1 Å². The van der Waals surface area contributed by atoms with Gasteiger partial charge in [0, 0.05) is 6.54 Å². The summed E-state index contributed by atoms with van der Waals surface area (Å²) < 4.78 is 117. The van der Waals surface area contributed by atoms with Gasteiger partial charge in [-0.05, 0) is 37.4 Å². The van der Waals surface area contributed by atoms with Gasteiger partial charge in [0.25, 0.3) is 0 Å².